The third kappa shape index (κ3) is 1.76. The molecule has 1 N–H and O–H groups in total. The molecule has 3 aromatic rings. The number of nitrogens with one attached hydrogen (secondary N) is 1. The van der Waals surface area contributed by atoms with E-state index >= 15 is 0 Å². The number of fused-ring (bicyclic) bond motifs is 3. The first-order chi connectivity index (χ1) is 9.69. The zero-order valence-corrected chi connectivity index (χ0v) is 12.2. The Kier molecular flexibility index (Phi) is 3.10. The largest absolute Gasteiger partial charge is 0.497 e. The molecule has 0 fully saturated rings. The van der Waals surface area contributed by atoms with E-state index in [1.807, 2.05) is 24.3 Å². The van der Waals surface area contributed by atoms with Gasteiger partial charge in [0.15, 0.2) is 5.75 Å². The van der Waals surface area contributed by atoms with Crippen molar-refractivity contribution >= 4 is 33.4 Å². The van der Waals surface area contributed by atoms with Gasteiger partial charge in [-0.25, -0.2) is 0 Å². The fourth-order valence-electron chi connectivity index (χ4n) is 2.47. The van der Waals surface area contributed by atoms with E-state index < -0.39 is 0 Å². The minimum absolute atomic E-state index is 0.567. The third-order valence-corrected chi connectivity index (χ3v) is 3.67. The lowest BCUT2D eigenvalue weighted by atomic mass is 10.1. The summed E-state index contributed by atoms with van der Waals surface area (Å²) in [7, 11) is 4.87. The van der Waals surface area contributed by atoms with Gasteiger partial charge in [-0.3, -0.25) is 0 Å². The van der Waals surface area contributed by atoms with Crippen molar-refractivity contribution in [2.75, 3.05) is 21.3 Å². The Morgan fingerprint density at radius 1 is 1.00 bits per heavy atom. The fraction of sp³-hybridized carbons (Fsp3) is 0.200. The summed E-state index contributed by atoms with van der Waals surface area (Å²) in [6.45, 7) is 0. The molecule has 2 aromatic carbocycles. The van der Waals surface area contributed by atoms with E-state index in [1.54, 1.807) is 21.3 Å². The van der Waals surface area contributed by atoms with Gasteiger partial charge >= 0.3 is 0 Å². The predicted octanol–water partition coefficient (Wildman–Crippen LogP) is 4.00. The van der Waals surface area contributed by atoms with Gasteiger partial charge in [-0.2, -0.15) is 0 Å². The molecule has 5 heteroatoms. The van der Waals surface area contributed by atoms with Crippen LogP contribution in [0, 0.1) is 0 Å². The van der Waals surface area contributed by atoms with Crippen LogP contribution in [0.3, 0.4) is 0 Å². The molecule has 4 nitrogen and oxygen atoms in total. The van der Waals surface area contributed by atoms with Crippen LogP contribution in [-0.2, 0) is 0 Å². The van der Waals surface area contributed by atoms with Crippen LogP contribution in [0.25, 0.3) is 21.8 Å². The van der Waals surface area contributed by atoms with Crippen LogP contribution >= 0.6 is 11.6 Å². The van der Waals surface area contributed by atoms with Gasteiger partial charge in [0.05, 0.1) is 37.4 Å². The minimum atomic E-state index is 0.567. The first-order valence-electron chi connectivity index (χ1n) is 6.09. The van der Waals surface area contributed by atoms with Gasteiger partial charge in [0.1, 0.15) is 11.5 Å². The summed E-state index contributed by atoms with van der Waals surface area (Å²) in [5.74, 6) is 2.10. The van der Waals surface area contributed by atoms with Crippen LogP contribution in [0.5, 0.6) is 17.2 Å². The fourth-order valence-corrected chi connectivity index (χ4v) is 2.70. The molecule has 0 unspecified atom stereocenters. The number of halogens is 1. The molecule has 0 aliphatic heterocycles. The first kappa shape index (κ1) is 12.9. The van der Waals surface area contributed by atoms with E-state index in [1.165, 1.54) is 0 Å². The maximum Gasteiger partial charge on any atom is 0.161 e. The number of H-pyrrole nitrogens is 1. The number of hydrogen-bond donors (Lipinski definition) is 1. The molecule has 0 radical (unpaired) electrons. The molecular formula is C15H14ClNO3. The summed E-state index contributed by atoms with van der Waals surface area (Å²) in [4.78, 5) is 3.32. The smallest absolute Gasteiger partial charge is 0.161 e. The van der Waals surface area contributed by atoms with Crippen molar-refractivity contribution in [2.24, 2.45) is 0 Å². The summed E-state index contributed by atoms with van der Waals surface area (Å²) >= 11 is 6.16. The summed E-state index contributed by atoms with van der Waals surface area (Å²) in [6.07, 6.45) is 0. The zero-order chi connectivity index (χ0) is 14.3. The van der Waals surface area contributed by atoms with Crippen LogP contribution in [0.4, 0.5) is 0 Å². The lowest BCUT2D eigenvalue weighted by molar-refractivity contribution is 0.398. The second-order valence-electron chi connectivity index (χ2n) is 4.38. The quantitative estimate of drug-likeness (QED) is 0.793. The lowest BCUT2D eigenvalue weighted by Gasteiger charge is -2.06. The van der Waals surface area contributed by atoms with Crippen LogP contribution in [0.15, 0.2) is 24.3 Å². The van der Waals surface area contributed by atoms with Crippen molar-refractivity contribution < 1.29 is 14.2 Å². The molecule has 0 spiro atoms. The molecule has 0 bridgehead atoms. The number of methoxy groups -OCH3 is 3. The number of hydrogen-bond acceptors (Lipinski definition) is 3. The van der Waals surface area contributed by atoms with E-state index in [-0.39, 0.29) is 0 Å². The molecule has 0 aliphatic rings. The number of aromatic nitrogens is 1. The van der Waals surface area contributed by atoms with Gasteiger partial charge in [0.2, 0.25) is 0 Å². The predicted molar refractivity (Wildman–Crippen MR) is 80.5 cm³/mol. The number of benzene rings is 2. The summed E-state index contributed by atoms with van der Waals surface area (Å²) in [6, 6.07) is 7.55. The standard InChI is InChI=1S/C15H14ClNO3/c1-18-8-6-11-13(12(7-8)19-2)9-4-5-10(16)15(20-3)14(9)17-11/h4-7,17H,1-3H3. The Hall–Kier alpha value is -2.07. The molecule has 0 atom stereocenters. The minimum Gasteiger partial charge on any atom is -0.497 e. The average molecular weight is 292 g/mol. The molecule has 104 valence electrons. The van der Waals surface area contributed by atoms with E-state index in [0.29, 0.717) is 10.8 Å². The van der Waals surface area contributed by atoms with Gasteiger partial charge < -0.3 is 19.2 Å². The first-order valence-corrected chi connectivity index (χ1v) is 6.47. The molecule has 0 saturated heterocycles. The van der Waals surface area contributed by atoms with Gasteiger partial charge in [0, 0.05) is 22.9 Å². The molecule has 0 aliphatic carbocycles. The molecule has 1 aromatic heterocycles. The van der Waals surface area contributed by atoms with Crippen molar-refractivity contribution in [3.05, 3.63) is 29.3 Å². The van der Waals surface area contributed by atoms with Crippen LogP contribution in [-0.4, -0.2) is 26.3 Å². The summed E-state index contributed by atoms with van der Waals surface area (Å²) in [5, 5.41) is 2.55. The molecule has 1 heterocycles. The van der Waals surface area contributed by atoms with Crippen molar-refractivity contribution in [3.63, 3.8) is 0 Å². The highest BCUT2D eigenvalue weighted by Crippen LogP contribution is 2.41. The zero-order valence-electron chi connectivity index (χ0n) is 11.4. The Labute approximate surface area is 121 Å². The van der Waals surface area contributed by atoms with Gasteiger partial charge in [0.25, 0.3) is 0 Å². The molecular weight excluding hydrogens is 278 g/mol. The second-order valence-corrected chi connectivity index (χ2v) is 4.79. The van der Waals surface area contributed by atoms with E-state index in [4.69, 9.17) is 25.8 Å². The highest BCUT2D eigenvalue weighted by atomic mass is 35.5. The van der Waals surface area contributed by atoms with Gasteiger partial charge in [-0.1, -0.05) is 17.7 Å². The van der Waals surface area contributed by atoms with Gasteiger partial charge in [-0.15, -0.1) is 0 Å². The normalized spacial score (nSPS) is 11.0. The van der Waals surface area contributed by atoms with Crippen molar-refractivity contribution in [1.82, 2.24) is 4.98 Å². The van der Waals surface area contributed by atoms with Crippen molar-refractivity contribution in [1.29, 1.82) is 0 Å². The highest BCUT2D eigenvalue weighted by molar-refractivity contribution is 6.33. The van der Waals surface area contributed by atoms with Crippen molar-refractivity contribution in [3.8, 4) is 17.2 Å². The maximum atomic E-state index is 6.16. The topological polar surface area (TPSA) is 43.5 Å². The van der Waals surface area contributed by atoms with Crippen LogP contribution in [0.2, 0.25) is 5.02 Å². The average Bonchev–Trinajstić information content (AvgIpc) is 2.84. The summed E-state index contributed by atoms with van der Waals surface area (Å²) < 4.78 is 16.1. The third-order valence-electron chi connectivity index (χ3n) is 3.37. The van der Waals surface area contributed by atoms with E-state index in [0.717, 1.165) is 33.3 Å². The van der Waals surface area contributed by atoms with Crippen LogP contribution in [0.1, 0.15) is 0 Å². The second kappa shape index (κ2) is 4.80. The Morgan fingerprint density at radius 2 is 1.80 bits per heavy atom. The van der Waals surface area contributed by atoms with E-state index in [9.17, 15) is 0 Å². The summed E-state index contributed by atoms with van der Waals surface area (Å²) in [5.41, 5.74) is 1.76. The Bertz CT molecular complexity index is 795. The molecule has 3 rings (SSSR count). The Morgan fingerprint density at radius 3 is 2.45 bits per heavy atom. The maximum absolute atomic E-state index is 6.16. The molecule has 0 amide bonds. The number of ether oxygens (including phenoxy) is 3. The number of rotatable bonds is 3. The van der Waals surface area contributed by atoms with Gasteiger partial charge in [-0.05, 0) is 6.07 Å². The molecule has 20 heavy (non-hydrogen) atoms. The monoisotopic (exact) mass is 291 g/mol. The molecule has 0 saturated carbocycles. The number of aromatic amines is 1. The Balaban J connectivity index is 2.47. The van der Waals surface area contributed by atoms with E-state index in [2.05, 4.69) is 4.98 Å². The van der Waals surface area contributed by atoms with Crippen molar-refractivity contribution in [2.45, 2.75) is 0 Å². The highest BCUT2D eigenvalue weighted by Gasteiger charge is 2.16. The SMILES string of the molecule is COc1cc(OC)c2c(c1)[nH]c1c(OC)c(Cl)ccc12. The lowest BCUT2D eigenvalue weighted by Crippen LogP contribution is -1.87. The van der Waals surface area contributed by atoms with Crippen LogP contribution < -0.4 is 14.2 Å².